The molecule has 0 aliphatic heterocycles. The molecule has 9 heteroatoms. The minimum absolute atomic E-state index is 0.0860. The minimum atomic E-state index is -3.99. The normalized spacial score (nSPS) is 13.9. The van der Waals surface area contributed by atoms with Gasteiger partial charge in [-0.2, -0.15) is 4.72 Å². The molecule has 0 aromatic carbocycles. The standard InChI is InChI=1S/C13H22N2O6S/c1-8-11(9(2)21-14-8)22(17,18)15-10(12(16)19-6)7-20-13(3,4)5/h10,15H,7H2,1-6H3. The molecule has 1 unspecified atom stereocenters. The van der Waals surface area contributed by atoms with E-state index in [-0.39, 0.29) is 23.0 Å². The second-order valence-corrected chi connectivity index (χ2v) is 7.42. The van der Waals surface area contributed by atoms with Gasteiger partial charge in [-0.25, -0.2) is 8.42 Å². The predicted octanol–water partition coefficient (Wildman–Crippen LogP) is 0.926. The van der Waals surface area contributed by atoms with Crippen molar-refractivity contribution < 1.29 is 27.2 Å². The lowest BCUT2D eigenvalue weighted by atomic mass is 10.2. The van der Waals surface area contributed by atoms with E-state index in [0.29, 0.717) is 0 Å². The van der Waals surface area contributed by atoms with Gasteiger partial charge in [0.2, 0.25) is 10.0 Å². The van der Waals surface area contributed by atoms with Crippen LogP contribution in [-0.4, -0.2) is 44.9 Å². The van der Waals surface area contributed by atoms with Crippen LogP contribution in [-0.2, 0) is 24.3 Å². The van der Waals surface area contributed by atoms with E-state index in [0.717, 1.165) is 0 Å². The van der Waals surface area contributed by atoms with E-state index < -0.39 is 27.6 Å². The van der Waals surface area contributed by atoms with Gasteiger partial charge in [0.25, 0.3) is 0 Å². The third kappa shape index (κ3) is 4.79. The monoisotopic (exact) mass is 334 g/mol. The number of aryl methyl sites for hydroxylation is 2. The molecule has 0 bridgehead atoms. The maximum atomic E-state index is 12.4. The number of carbonyl (C=O) groups excluding carboxylic acids is 1. The average molecular weight is 334 g/mol. The van der Waals surface area contributed by atoms with Gasteiger partial charge in [-0.05, 0) is 34.6 Å². The van der Waals surface area contributed by atoms with Gasteiger partial charge < -0.3 is 14.0 Å². The lowest BCUT2D eigenvalue weighted by Crippen LogP contribution is -2.46. The van der Waals surface area contributed by atoms with Crippen LogP contribution in [0.3, 0.4) is 0 Å². The molecule has 1 atom stereocenters. The Hall–Kier alpha value is -1.45. The van der Waals surface area contributed by atoms with E-state index in [1.165, 1.54) is 21.0 Å². The maximum Gasteiger partial charge on any atom is 0.326 e. The Morgan fingerprint density at radius 3 is 2.36 bits per heavy atom. The molecular weight excluding hydrogens is 312 g/mol. The second kappa shape index (κ2) is 6.76. The molecule has 0 saturated carbocycles. The largest absolute Gasteiger partial charge is 0.468 e. The van der Waals surface area contributed by atoms with Crippen LogP contribution in [0.4, 0.5) is 0 Å². The number of methoxy groups -OCH3 is 1. The number of rotatable bonds is 6. The van der Waals surface area contributed by atoms with Crippen LogP contribution < -0.4 is 4.72 Å². The first-order valence-electron chi connectivity index (χ1n) is 6.65. The fourth-order valence-electron chi connectivity index (χ4n) is 1.73. The van der Waals surface area contributed by atoms with Crippen molar-refractivity contribution >= 4 is 16.0 Å². The number of aromatic nitrogens is 1. The van der Waals surface area contributed by atoms with Crippen LogP contribution in [0.2, 0.25) is 0 Å². The van der Waals surface area contributed by atoms with Crippen LogP contribution in [0.15, 0.2) is 9.42 Å². The van der Waals surface area contributed by atoms with Crippen molar-refractivity contribution in [2.24, 2.45) is 0 Å². The second-order valence-electron chi connectivity index (χ2n) is 5.77. The first-order valence-corrected chi connectivity index (χ1v) is 8.13. The van der Waals surface area contributed by atoms with Gasteiger partial charge in [-0.15, -0.1) is 0 Å². The summed E-state index contributed by atoms with van der Waals surface area (Å²) >= 11 is 0. The minimum Gasteiger partial charge on any atom is -0.468 e. The molecule has 0 saturated heterocycles. The van der Waals surface area contributed by atoms with Crippen molar-refractivity contribution in [1.82, 2.24) is 9.88 Å². The van der Waals surface area contributed by atoms with Gasteiger partial charge in [0.15, 0.2) is 5.76 Å². The number of sulfonamides is 1. The number of esters is 1. The molecule has 0 spiro atoms. The van der Waals surface area contributed by atoms with E-state index in [1.807, 2.05) is 0 Å². The summed E-state index contributed by atoms with van der Waals surface area (Å²) < 4.78 is 42.0. The van der Waals surface area contributed by atoms with Gasteiger partial charge >= 0.3 is 5.97 Å². The smallest absolute Gasteiger partial charge is 0.326 e. The van der Waals surface area contributed by atoms with Crippen LogP contribution in [0.25, 0.3) is 0 Å². The summed E-state index contributed by atoms with van der Waals surface area (Å²) in [6, 6.07) is -1.16. The number of hydrogen-bond acceptors (Lipinski definition) is 7. The summed E-state index contributed by atoms with van der Waals surface area (Å²) in [5, 5.41) is 3.60. The average Bonchev–Trinajstić information content (AvgIpc) is 2.72. The Morgan fingerprint density at radius 2 is 1.95 bits per heavy atom. The molecule has 0 aliphatic carbocycles. The van der Waals surface area contributed by atoms with Crippen molar-refractivity contribution in [1.29, 1.82) is 0 Å². The number of carbonyl (C=O) groups is 1. The number of hydrogen-bond donors (Lipinski definition) is 1. The Bertz CT molecular complexity index is 610. The molecule has 126 valence electrons. The number of nitrogens with zero attached hydrogens (tertiary/aromatic N) is 1. The Kier molecular flexibility index (Phi) is 5.71. The lowest BCUT2D eigenvalue weighted by Gasteiger charge is -2.23. The molecule has 1 heterocycles. The molecule has 0 radical (unpaired) electrons. The van der Waals surface area contributed by atoms with E-state index >= 15 is 0 Å². The SMILES string of the molecule is COC(=O)C(COC(C)(C)C)NS(=O)(=O)c1c(C)noc1C. The van der Waals surface area contributed by atoms with E-state index in [2.05, 4.69) is 14.6 Å². The number of nitrogens with one attached hydrogen (secondary N) is 1. The van der Waals surface area contributed by atoms with Crippen LogP contribution in [0.5, 0.6) is 0 Å². The van der Waals surface area contributed by atoms with Crippen LogP contribution in [0, 0.1) is 13.8 Å². The molecule has 0 amide bonds. The van der Waals surface area contributed by atoms with Gasteiger partial charge in [-0.1, -0.05) is 5.16 Å². The summed E-state index contributed by atoms with van der Waals surface area (Å²) in [5.41, 5.74) is -0.314. The van der Waals surface area contributed by atoms with E-state index in [1.54, 1.807) is 20.8 Å². The summed E-state index contributed by atoms with van der Waals surface area (Å²) in [6.07, 6.45) is 0. The quantitative estimate of drug-likeness (QED) is 0.771. The van der Waals surface area contributed by atoms with Crippen molar-refractivity contribution in [3.8, 4) is 0 Å². The molecular formula is C13H22N2O6S. The highest BCUT2D eigenvalue weighted by Crippen LogP contribution is 2.19. The van der Waals surface area contributed by atoms with Crippen molar-refractivity contribution in [2.45, 2.75) is 51.2 Å². The summed E-state index contributed by atoms with van der Waals surface area (Å²) in [5.74, 6) is -0.593. The molecule has 0 fully saturated rings. The summed E-state index contributed by atoms with van der Waals surface area (Å²) in [7, 11) is -2.81. The Morgan fingerprint density at radius 1 is 1.36 bits per heavy atom. The van der Waals surface area contributed by atoms with Crippen molar-refractivity contribution in [3.63, 3.8) is 0 Å². The fourth-order valence-corrected chi connectivity index (χ4v) is 3.23. The Balaban J connectivity index is 3.01. The third-order valence-electron chi connectivity index (χ3n) is 2.70. The molecule has 0 aliphatic rings. The highest BCUT2D eigenvalue weighted by Gasteiger charge is 2.31. The molecule has 1 aromatic heterocycles. The maximum absolute atomic E-state index is 12.4. The van der Waals surface area contributed by atoms with Gasteiger partial charge in [0.05, 0.1) is 19.3 Å². The van der Waals surface area contributed by atoms with Gasteiger partial charge in [-0.3, -0.25) is 4.79 Å². The predicted molar refractivity (Wildman–Crippen MR) is 77.8 cm³/mol. The fraction of sp³-hybridized carbons (Fsp3) is 0.692. The Labute approximate surface area is 130 Å². The van der Waals surface area contributed by atoms with Gasteiger partial charge in [0, 0.05) is 0 Å². The molecule has 1 rings (SSSR count). The highest BCUT2D eigenvalue weighted by molar-refractivity contribution is 7.89. The van der Waals surface area contributed by atoms with E-state index in [9.17, 15) is 13.2 Å². The van der Waals surface area contributed by atoms with Crippen LogP contribution in [0.1, 0.15) is 32.2 Å². The zero-order chi connectivity index (χ0) is 17.1. The molecule has 1 aromatic rings. The van der Waals surface area contributed by atoms with Crippen molar-refractivity contribution in [2.75, 3.05) is 13.7 Å². The zero-order valence-electron chi connectivity index (χ0n) is 13.6. The topological polar surface area (TPSA) is 108 Å². The molecule has 8 nitrogen and oxygen atoms in total. The number of ether oxygens (including phenoxy) is 2. The van der Waals surface area contributed by atoms with E-state index in [4.69, 9.17) is 9.26 Å². The van der Waals surface area contributed by atoms with Crippen LogP contribution >= 0.6 is 0 Å². The third-order valence-corrected chi connectivity index (χ3v) is 4.42. The van der Waals surface area contributed by atoms with Crippen molar-refractivity contribution in [3.05, 3.63) is 11.5 Å². The lowest BCUT2D eigenvalue weighted by molar-refractivity contribution is -0.145. The van der Waals surface area contributed by atoms with Gasteiger partial charge in [0.1, 0.15) is 16.6 Å². The zero-order valence-corrected chi connectivity index (χ0v) is 14.4. The summed E-state index contributed by atoms with van der Waals surface area (Å²) in [6.45, 7) is 8.22. The highest BCUT2D eigenvalue weighted by atomic mass is 32.2. The first kappa shape index (κ1) is 18.6. The molecule has 1 N–H and O–H groups in total. The summed E-state index contributed by atoms with van der Waals surface area (Å²) in [4.78, 5) is 11.7. The molecule has 22 heavy (non-hydrogen) atoms. The first-order chi connectivity index (χ1) is 9.98.